The zero-order valence-electron chi connectivity index (χ0n) is 11.5. The fourth-order valence-electron chi connectivity index (χ4n) is 2.47. The number of nitrogens with zero attached hydrogens (tertiary/aromatic N) is 2. The fourth-order valence-corrected chi connectivity index (χ4v) is 2.47. The average Bonchev–Trinajstić information content (AvgIpc) is 2.82. The fraction of sp³-hybridized carbons (Fsp3) is 0.692. The number of aliphatic hydroxyl groups excluding tert-OH is 1. The summed E-state index contributed by atoms with van der Waals surface area (Å²) in [7, 11) is 1.61. The predicted molar refractivity (Wildman–Crippen MR) is 74.6 cm³/mol. The Kier molecular flexibility index (Phi) is 4.79. The molecule has 0 amide bonds. The molecule has 1 fully saturated rings. The number of methoxy groups -OCH3 is 1. The summed E-state index contributed by atoms with van der Waals surface area (Å²) in [6.07, 6.45) is 4.36. The highest BCUT2D eigenvalue weighted by atomic mass is 16.5. The van der Waals surface area contributed by atoms with E-state index in [0.717, 1.165) is 25.8 Å². The smallest absolute Gasteiger partial charge is 0.204 e. The second kappa shape index (κ2) is 6.56. The number of aliphatic hydroxyl groups is 1. The van der Waals surface area contributed by atoms with Gasteiger partial charge in [-0.2, -0.15) is 0 Å². The summed E-state index contributed by atoms with van der Waals surface area (Å²) in [6.45, 7) is 3.48. The molecule has 1 aromatic rings. The molecule has 1 saturated carbocycles. The molecule has 2 unspecified atom stereocenters. The average molecular weight is 266 g/mol. The van der Waals surface area contributed by atoms with E-state index in [1.54, 1.807) is 7.11 Å². The van der Waals surface area contributed by atoms with Gasteiger partial charge in [0.1, 0.15) is 6.33 Å². The number of anilines is 2. The molecule has 0 aliphatic heterocycles. The van der Waals surface area contributed by atoms with Gasteiger partial charge in [0.25, 0.3) is 0 Å². The number of ether oxygens (including phenoxy) is 1. The maximum atomic E-state index is 9.82. The lowest BCUT2D eigenvalue weighted by Crippen LogP contribution is -2.22. The molecule has 0 aromatic carbocycles. The van der Waals surface area contributed by atoms with Crippen LogP contribution in [0.5, 0.6) is 5.75 Å². The number of rotatable bonds is 6. The van der Waals surface area contributed by atoms with E-state index in [4.69, 9.17) is 4.74 Å². The molecule has 6 nitrogen and oxygen atoms in total. The third-order valence-electron chi connectivity index (χ3n) is 3.50. The standard InChI is InChI=1S/C13H22N4O2/c1-3-14-12-11(19-2)13(17-8-16-12)15-7-9-5-4-6-10(9)18/h8-10,18H,3-7H2,1-2H3,(H2,14,15,16,17). The van der Waals surface area contributed by atoms with Crippen molar-refractivity contribution in [2.24, 2.45) is 5.92 Å². The third-order valence-corrected chi connectivity index (χ3v) is 3.50. The lowest BCUT2D eigenvalue weighted by Gasteiger charge is -2.17. The van der Waals surface area contributed by atoms with Gasteiger partial charge in [-0.25, -0.2) is 9.97 Å². The first-order chi connectivity index (χ1) is 9.26. The van der Waals surface area contributed by atoms with Crippen LogP contribution in [0.4, 0.5) is 11.6 Å². The van der Waals surface area contributed by atoms with E-state index in [0.29, 0.717) is 29.8 Å². The van der Waals surface area contributed by atoms with Gasteiger partial charge in [-0.1, -0.05) is 6.42 Å². The summed E-state index contributed by atoms with van der Waals surface area (Å²) in [6, 6.07) is 0. The lowest BCUT2D eigenvalue weighted by molar-refractivity contribution is 0.138. The van der Waals surface area contributed by atoms with E-state index in [2.05, 4.69) is 20.6 Å². The number of nitrogens with one attached hydrogen (secondary N) is 2. The van der Waals surface area contributed by atoms with Crippen molar-refractivity contribution < 1.29 is 9.84 Å². The van der Waals surface area contributed by atoms with Crippen LogP contribution in [-0.2, 0) is 0 Å². The lowest BCUT2D eigenvalue weighted by atomic mass is 10.1. The second-order valence-electron chi connectivity index (χ2n) is 4.77. The summed E-state index contributed by atoms with van der Waals surface area (Å²) in [4.78, 5) is 8.37. The molecule has 2 atom stereocenters. The van der Waals surface area contributed by atoms with Crippen LogP contribution in [0.25, 0.3) is 0 Å². The van der Waals surface area contributed by atoms with Crippen LogP contribution in [0.3, 0.4) is 0 Å². The van der Waals surface area contributed by atoms with Crippen molar-refractivity contribution in [2.45, 2.75) is 32.3 Å². The zero-order chi connectivity index (χ0) is 13.7. The Morgan fingerprint density at radius 3 is 2.63 bits per heavy atom. The second-order valence-corrected chi connectivity index (χ2v) is 4.77. The highest BCUT2D eigenvalue weighted by Gasteiger charge is 2.25. The molecule has 0 saturated heterocycles. The quantitative estimate of drug-likeness (QED) is 0.724. The van der Waals surface area contributed by atoms with Crippen molar-refractivity contribution in [2.75, 3.05) is 30.8 Å². The van der Waals surface area contributed by atoms with E-state index >= 15 is 0 Å². The highest BCUT2D eigenvalue weighted by Crippen LogP contribution is 2.30. The largest absolute Gasteiger partial charge is 0.490 e. The Balaban J connectivity index is 2.04. The molecule has 19 heavy (non-hydrogen) atoms. The highest BCUT2D eigenvalue weighted by molar-refractivity contribution is 5.63. The van der Waals surface area contributed by atoms with Crippen molar-refractivity contribution in [3.05, 3.63) is 6.33 Å². The van der Waals surface area contributed by atoms with Crippen molar-refractivity contribution in [1.29, 1.82) is 0 Å². The van der Waals surface area contributed by atoms with Gasteiger partial charge in [-0.15, -0.1) is 0 Å². The minimum Gasteiger partial charge on any atom is -0.490 e. The summed E-state index contributed by atoms with van der Waals surface area (Å²) in [5.41, 5.74) is 0. The normalized spacial score (nSPS) is 22.3. The number of aromatic nitrogens is 2. The van der Waals surface area contributed by atoms with Crippen LogP contribution in [0, 0.1) is 5.92 Å². The van der Waals surface area contributed by atoms with Crippen LogP contribution in [-0.4, -0.2) is 41.4 Å². The van der Waals surface area contributed by atoms with E-state index in [-0.39, 0.29) is 6.10 Å². The Hall–Kier alpha value is -1.56. The zero-order valence-corrected chi connectivity index (χ0v) is 11.5. The first kappa shape index (κ1) is 13.9. The molecular weight excluding hydrogens is 244 g/mol. The first-order valence-electron chi connectivity index (χ1n) is 6.81. The molecule has 1 aliphatic rings. The third kappa shape index (κ3) is 3.26. The molecule has 3 N–H and O–H groups in total. The van der Waals surface area contributed by atoms with Gasteiger partial charge in [0.15, 0.2) is 11.6 Å². The van der Waals surface area contributed by atoms with Crippen molar-refractivity contribution in [3.63, 3.8) is 0 Å². The molecular formula is C13H22N4O2. The van der Waals surface area contributed by atoms with Gasteiger partial charge < -0.3 is 20.5 Å². The number of hydrogen-bond donors (Lipinski definition) is 3. The van der Waals surface area contributed by atoms with Crippen LogP contribution in [0.1, 0.15) is 26.2 Å². The van der Waals surface area contributed by atoms with Gasteiger partial charge in [-0.05, 0) is 19.8 Å². The van der Waals surface area contributed by atoms with Crippen LogP contribution in [0.2, 0.25) is 0 Å². The minimum atomic E-state index is -0.200. The molecule has 6 heteroatoms. The van der Waals surface area contributed by atoms with Crippen LogP contribution < -0.4 is 15.4 Å². The van der Waals surface area contributed by atoms with E-state index < -0.39 is 0 Å². The first-order valence-corrected chi connectivity index (χ1v) is 6.81. The maximum absolute atomic E-state index is 9.82. The summed E-state index contributed by atoms with van der Waals surface area (Å²) in [5.74, 6) is 2.28. The molecule has 0 bridgehead atoms. The minimum absolute atomic E-state index is 0.200. The Labute approximate surface area is 113 Å². The predicted octanol–water partition coefficient (Wildman–Crippen LogP) is 1.49. The van der Waals surface area contributed by atoms with E-state index in [1.807, 2.05) is 6.92 Å². The van der Waals surface area contributed by atoms with Gasteiger partial charge in [0, 0.05) is 19.0 Å². The van der Waals surface area contributed by atoms with Gasteiger partial charge in [-0.3, -0.25) is 0 Å². The van der Waals surface area contributed by atoms with Crippen molar-refractivity contribution in [3.8, 4) is 5.75 Å². The molecule has 1 aromatic heterocycles. The number of hydrogen-bond acceptors (Lipinski definition) is 6. The van der Waals surface area contributed by atoms with Gasteiger partial charge in [0.05, 0.1) is 13.2 Å². The SMILES string of the molecule is CCNc1ncnc(NCC2CCCC2O)c1OC. The topological polar surface area (TPSA) is 79.3 Å². The summed E-state index contributed by atoms with van der Waals surface area (Å²) < 4.78 is 5.36. The Morgan fingerprint density at radius 2 is 2.05 bits per heavy atom. The summed E-state index contributed by atoms with van der Waals surface area (Å²) >= 11 is 0. The summed E-state index contributed by atoms with van der Waals surface area (Å²) in [5, 5.41) is 16.2. The van der Waals surface area contributed by atoms with Crippen molar-refractivity contribution >= 4 is 11.6 Å². The maximum Gasteiger partial charge on any atom is 0.204 e. The van der Waals surface area contributed by atoms with Crippen LogP contribution in [0.15, 0.2) is 6.33 Å². The Bertz CT molecular complexity index is 414. The van der Waals surface area contributed by atoms with E-state index in [1.165, 1.54) is 6.33 Å². The molecule has 1 aliphatic carbocycles. The molecule has 2 rings (SSSR count). The van der Waals surface area contributed by atoms with Gasteiger partial charge in [0.2, 0.25) is 5.75 Å². The Morgan fingerprint density at radius 1 is 1.32 bits per heavy atom. The molecule has 0 spiro atoms. The van der Waals surface area contributed by atoms with Crippen LogP contribution >= 0.6 is 0 Å². The van der Waals surface area contributed by atoms with E-state index in [9.17, 15) is 5.11 Å². The van der Waals surface area contributed by atoms with Gasteiger partial charge >= 0.3 is 0 Å². The monoisotopic (exact) mass is 266 g/mol. The molecule has 1 heterocycles. The molecule has 0 radical (unpaired) electrons. The molecule has 106 valence electrons. The van der Waals surface area contributed by atoms with Crippen molar-refractivity contribution in [1.82, 2.24) is 9.97 Å².